The highest BCUT2D eigenvalue weighted by molar-refractivity contribution is 6.06. The zero-order chi connectivity index (χ0) is 25.7. The van der Waals surface area contributed by atoms with Crippen LogP contribution < -0.4 is 10.1 Å². The number of esters is 1. The molecule has 1 aliphatic rings. The minimum atomic E-state index is -1.23. The normalized spacial score (nSPS) is 16.9. The Balaban J connectivity index is 1.65. The molecule has 0 bridgehead atoms. The van der Waals surface area contributed by atoms with E-state index in [0.717, 1.165) is 23.3 Å². The van der Waals surface area contributed by atoms with Crippen molar-refractivity contribution in [3.63, 3.8) is 0 Å². The lowest BCUT2D eigenvalue weighted by molar-refractivity contribution is -0.133. The van der Waals surface area contributed by atoms with Gasteiger partial charge in [-0.15, -0.1) is 0 Å². The SMILES string of the molecule is CCCOc1ccc(CN2C(=O)c3c(C(=O)OC)ncn3C[C@]2(C)C(=O)NCc2ccccc2)cc1. The maximum Gasteiger partial charge on any atom is 0.359 e. The average Bonchev–Trinajstić information content (AvgIpc) is 3.32. The van der Waals surface area contributed by atoms with Crippen molar-refractivity contribution in [3.8, 4) is 5.75 Å². The Labute approximate surface area is 210 Å². The summed E-state index contributed by atoms with van der Waals surface area (Å²) < 4.78 is 12.0. The summed E-state index contributed by atoms with van der Waals surface area (Å²) in [5.41, 5.74) is 0.578. The number of ether oxygens (including phenoxy) is 2. The smallest absolute Gasteiger partial charge is 0.359 e. The number of nitrogens with one attached hydrogen (secondary N) is 1. The van der Waals surface area contributed by atoms with Gasteiger partial charge in [0.15, 0.2) is 5.69 Å². The van der Waals surface area contributed by atoms with Crippen LogP contribution in [0.4, 0.5) is 0 Å². The van der Waals surface area contributed by atoms with Crippen LogP contribution in [0.1, 0.15) is 52.4 Å². The Morgan fingerprint density at radius 2 is 1.81 bits per heavy atom. The fraction of sp³-hybridized carbons (Fsp3) is 0.333. The minimum absolute atomic E-state index is 0.0671. The van der Waals surface area contributed by atoms with E-state index in [4.69, 9.17) is 9.47 Å². The number of amides is 2. The molecular weight excluding hydrogens is 460 g/mol. The van der Waals surface area contributed by atoms with Crippen molar-refractivity contribution in [2.75, 3.05) is 13.7 Å². The first-order valence-electron chi connectivity index (χ1n) is 11.9. The van der Waals surface area contributed by atoms with Gasteiger partial charge in [-0.1, -0.05) is 49.4 Å². The van der Waals surface area contributed by atoms with Crippen LogP contribution in [-0.4, -0.2) is 51.5 Å². The molecule has 1 aliphatic heterocycles. The molecule has 1 N–H and O–H groups in total. The molecule has 188 valence electrons. The fourth-order valence-electron chi connectivity index (χ4n) is 4.24. The molecule has 0 saturated heterocycles. The van der Waals surface area contributed by atoms with Gasteiger partial charge >= 0.3 is 5.97 Å². The third-order valence-corrected chi connectivity index (χ3v) is 6.26. The van der Waals surface area contributed by atoms with Gasteiger partial charge in [0.05, 0.1) is 26.6 Å². The summed E-state index contributed by atoms with van der Waals surface area (Å²) in [4.78, 5) is 45.2. The van der Waals surface area contributed by atoms with Gasteiger partial charge in [0.1, 0.15) is 17.0 Å². The van der Waals surface area contributed by atoms with Gasteiger partial charge in [-0.3, -0.25) is 9.59 Å². The second-order valence-corrected chi connectivity index (χ2v) is 8.89. The van der Waals surface area contributed by atoms with Crippen LogP contribution in [0.3, 0.4) is 0 Å². The van der Waals surface area contributed by atoms with E-state index < -0.39 is 17.4 Å². The van der Waals surface area contributed by atoms with Crippen LogP contribution in [0.2, 0.25) is 0 Å². The standard InChI is InChI=1S/C27H30N4O5/c1-4-14-36-21-12-10-20(11-13-21)16-31-24(32)23-22(25(33)35-3)29-18-30(23)17-27(31,2)26(34)28-15-19-8-6-5-7-9-19/h5-13,18H,4,14-17H2,1-3H3,(H,28,34)/t27-/m1/s1. The molecule has 2 heterocycles. The van der Waals surface area contributed by atoms with Crippen molar-refractivity contribution in [1.82, 2.24) is 19.8 Å². The van der Waals surface area contributed by atoms with Crippen molar-refractivity contribution < 1.29 is 23.9 Å². The van der Waals surface area contributed by atoms with E-state index in [-0.39, 0.29) is 30.4 Å². The largest absolute Gasteiger partial charge is 0.494 e. The molecule has 4 rings (SSSR count). The molecular formula is C27H30N4O5. The molecule has 1 aromatic heterocycles. The number of carbonyl (C=O) groups is 3. The predicted molar refractivity (Wildman–Crippen MR) is 132 cm³/mol. The molecule has 36 heavy (non-hydrogen) atoms. The van der Waals surface area contributed by atoms with Crippen molar-refractivity contribution in [3.05, 3.63) is 83.4 Å². The van der Waals surface area contributed by atoms with Gasteiger partial charge in [-0.25, -0.2) is 9.78 Å². The molecule has 2 amide bonds. The predicted octanol–water partition coefficient (Wildman–Crippen LogP) is 3.19. The molecule has 1 atom stereocenters. The highest BCUT2D eigenvalue weighted by atomic mass is 16.5. The third kappa shape index (κ3) is 4.95. The van der Waals surface area contributed by atoms with E-state index in [2.05, 4.69) is 10.3 Å². The van der Waals surface area contributed by atoms with Crippen LogP contribution >= 0.6 is 0 Å². The summed E-state index contributed by atoms with van der Waals surface area (Å²) in [6.07, 6.45) is 2.30. The summed E-state index contributed by atoms with van der Waals surface area (Å²) in [5.74, 6) is -0.740. The zero-order valence-corrected chi connectivity index (χ0v) is 20.7. The van der Waals surface area contributed by atoms with E-state index in [1.54, 1.807) is 11.5 Å². The lowest BCUT2D eigenvalue weighted by Crippen LogP contribution is -2.63. The molecule has 0 aliphatic carbocycles. The summed E-state index contributed by atoms with van der Waals surface area (Å²) in [7, 11) is 1.24. The van der Waals surface area contributed by atoms with Gasteiger partial charge in [-0.05, 0) is 36.6 Å². The number of benzene rings is 2. The van der Waals surface area contributed by atoms with Gasteiger partial charge in [-0.2, -0.15) is 0 Å². The lowest BCUT2D eigenvalue weighted by atomic mass is 9.93. The zero-order valence-electron chi connectivity index (χ0n) is 20.7. The maximum atomic E-state index is 13.8. The van der Waals surface area contributed by atoms with Gasteiger partial charge in [0.2, 0.25) is 5.91 Å². The Kier molecular flexibility index (Phi) is 7.38. The number of carbonyl (C=O) groups excluding carboxylic acids is 3. The second-order valence-electron chi connectivity index (χ2n) is 8.89. The first-order valence-corrected chi connectivity index (χ1v) is 11.9. The van der Waals surface area contributed by atoms with Crippen LogP contribution in [0.5, 0.6) is 5.75 Å². The number of imidazole rings is 1. The van der Waals surface area contributed by atoms with E-state index in [1.807, 2.05) is 61.5 Å². The van der Waals surface area contributed by atoms with Gasteiger partial charge in [0, 0.05) is 13.1 Å². The van der Waals surface area contributed by atoms with E-state index in [9.17, 15) is 14.4 Å². The summed E-state index contributed by atoms with van der Waals surface area (Å²) >= 11 is 0. The van der Waals surface area contributed by atoms with Gasteiger partial charge < -0.3 is 24.3 Å². The van der Waals surface area contributed by atoms with Crippen LogP contribution in [-0.2, 0) is 29.2 Å². The first-order chi connectivity index (χ1) is 17.4. The highest BCUT2D eigenvalue weighted by Gasteiger charge is 2.48. The first kappa shape index (κ1) is 25.0. The molecule has 0 saturated carbocycles. The van der Waals surface area contributed by atoms with Crippen molar-refractivity contribution in [2.45, 2.75) is 45.4 Å². The lowest BCUT2D eigenvalue weighted by Gasteiger charge is -2.43. The summed E-state index contributed by atoms with van der Waals surface area (Å²) in [6.45, 7) is 5.00. The molecule has 3 aromatic rings. The topological polar surface area (TPSA) is 103 Å². The molecule has 0 spiro atoms. The summed E-state index contributed by atoms with van der Waals surface area (Å²) in [5, 5.41) is 2.97. The molecule has 9 nitrogen and oxygen atoms in total. The Bertz CT molecular complexity index is 1240. The number of hydrogen-bond acceptors (Lipinski definition) is 6. The van der Waals surface area contributed by atoms with Crippen molar-refractivity contribution >= 4 is 17.8 Å². The Morgan fingerprint density at radius 1 is 1.08 bits per heavy atom. The Morgan fingerprint density at radius 3 is 2.47 bits per heavy atom. The van der Waals surface area contributed by atoms with E-state index >= 15 is 0 Å². The van der Waals surface area contributed by atoms with Crippen LogP contribution in [0.15, 0.2) is 60.9 Å². The molecule has 0 radical (unpaired) electrons. The highest BCUT2D eigenvalue weighted by Crippen LogP contribution is 2.31. The quantitative estimate of drug-likeness (QED) is 0.462. The average molecular weight is 491 g/mol. The molecule has 2 aromatic carbocycles. The monoisotopic (exact) mass is 490 g/mol. The maximum absolute atomic E-state index is 13.8. The minimum Gasteiger partial charge on any atom is -0.494 e. The fourth-order valence-corrected chi connectivity index (χ4v) is 4.24. The number of hydrogen-bond donors (Lipinski definition) is 1. The third-order valence-electron chi connectivity index (χ3n) is 6.26. The molecule has 0 fully saturated rings. The van der Waals surface area contributed by atoms with E-state index in [0.29, 0.717) is 13.2 Å². The van der Waals surface area contributed by atoms with Gasteiger partial charge in [0.25, 0.3) is 5.91 Å². The number of methoxy groups -OCH3 is 1. The van der Waals surface area contributed by atoms with Crippen molar-refractivity contribution in [1.29, 1.82) is 0 Å². The van der Waals surface area contributed by atoms with E-state index in [1.165, 1.54) is 18.3 Å². The van der Waals surface area contributed by atoms with Crippen LogP contribution in [0, 0.1) is 0 Å². The molecule has 9 heteroatoms. The number of aromatic nitrogens is 2. The number of nitrogens with zero attached hydrogens (tertiary/aromatic N) is 3. The number of fused-ring (bicyclic) bond motifs is 1. The second kappa shape index (κ2) is 10.6. The molecule has 0 unspecified atom stereocenters. The Hall–Kier alpha value is -4.14. The van der Waals surface area contributed by atoms with Crippen molar-refractivity contribution in [2.24, 2.45) is 0 Å². The van der Waals surface area contributed by atoms with Crippen LogP contribution in [0.25, 0.3) is 0 Å². The number of rotatable bonds is 9. The summed E-state index contributed by atoms with van der Waals surface area (Å²) in [6, 6.07) is 17.0.